The molecular weight excluding hydrogens is 194 g/mol. The van der Waals surface area contributed by atoms with Gasteiger partial charge in [0.15, 0.2) is 5.82 Å². The monoisotopic (exact) mass is 211 g/mol. The minimum absolute atomic E-state index is 0.164. The fraction of sp³-hybridized carbons (Fsp3) is 0.700. The predicted octanol–water partition coefficient (Wildman–Crippen LogP) is 1.29. The average Bonchev–Trinajstić information content (AvgIpc) is 2.47. The van der Waals surface area contributed by atoms with E-state index in [1.807, 2.05) is 20.8 Å². The zero-order valence-electron chi connectivity index (χ0n) is 9.87. The molecule has 0 saturated heterocycles. The largest absolute Gasteiger partial charge is 0.460 e. The van der Waals surface area contributed by atoms with Gasteiger partial charge in [0.25, 0.3) is 0 Å². The number of aromatic nitrogens is 3. The number of aryl methyl sites for hydroxylation is 1. The van der Waals surface area contributed by atoms with Gasteiger partial charge in [0.2, 0.25) is 5.82 Å². The molecule has 1 aromatic heterocycles. The maximum absolute atomic E-state index is 11.5. The molecule has 0 atom stereocenters. The van der Waals surface area contributed by atoms with E-state index < -0.39 is 5.97 Å². The number of hydrogen-bond acceptors (Lipinski definition) is 4. The van der Waals surface area contributed by atoms with Crippen LogP contribution >= 0.6 is 0 Å². The average molecular weight is 211 g/mol. The van der Waals surface area contributed by atoms with Crippen molar-refractivity contribution in [2.24, 2.45) is 7.05 Å². The molecule has 0 amide bonds. The molecule has 0 aliphatic heterocycles. The van der Waals surface area contributed by atoms with E-state index in [2.05, 4.69) is 10.1 Å². The van der Waals surface area contributed by atoms with Crippen LogP contribution in [-0.4, -0.2) is 27.3 Å². The third-order valence-corrected chi connectivity index (χ3v) is 1.89. The minimum Gasteiger partial charge on any atom is -0.460 e. The maximum Gasteiger partial charge on any atom is 0.376 e. The van der Waals surface area contributed by atoms with Gasteiger partial charge < -0.3 is 4.74 Å². The molecule has 0 bridgehead atoms. The Balaban J connectivity index is 3.02. The van der Waals surface area contributed by atoms with Crippen molar-refractivity contribution in [1.82, 2.24) is 14.8 Å². The Labute approximate surface area is 89.5 Å². The second kappa shape index (κ2) is 4.00. The lowest BCUT2D eigenvalue weighted by Crippen LogP contribution is -2.14. The zero-order chi connectivity index (χ0) is 11.6. The fourth-order valence-corrected chi connectivity index (χ4v) is 1.08. The molecule has 15 heavy (non-hydrogen) atoms. The Kier molecular flexibility index (Phi) is 3.12. The van der Waals surface area contributed by atoms with Crippen molar-refractivity contribution in [3.63, 3.8) is 0 Å². The number of carbonyl (C=O) groups excluding carboxylic acids is 1. The summed E-state index contributed by atoms with van der Waals surface area (Å²) in [6.07, 6.45) is 0. The molecule has 1 aromatic rings. The standard InChI is InChI=1S/C10H17N3O2/c1-6-15-8(14)7-11-9(10(2,3)4)12-13(7)5/h6H2,1-5H3. The Hall–Kier alpha value is -1.39. The highest BCUT2D eigenvalue weighted by molar-refractivity contribution is 5.85. The normalized spacial score (nSPS) is 11.5. The summed E-state index contributed by atoms with van der Waals surface area (Å²) in [5, 5.41) is 4.19. The van der Waals surface area contributed by atoms with Crippen LogP contribution < -0.4 is 0 Å². The van der Waals surface area contributed by atoms with Crippen molar-refractivity contribution in [2.45, 2.75) is 33.1 Å². The first-order valence-corrected chi connectivity index (χ1v) is 4.95. The summed E-state index contributed by atoms with van der Waals surface area (Å²) in [6.45, 7) is 8.10. The van der Waals surface area contributed by atoms with Crippen LogP contribution in [0, 0.1) is 0 Å². The van der Waals surface area contributed by atoms with Crippen LogP contribution in [0.2, 0.25) is 0 Å². The van der Waals surface area contributed by atoms with Gasteiger partial charge in [0.1, 0.15) is 0 Å². The van der Waals surface area contributed by atoms with Crippen LogP contribution in [0.5, 0.6) is 0 Å². The van der Waals surface area contributed by atoms with Gasteiger partial charge in [-0.15, -0.1) is 0 Å². The highest BCUT2D eigenvalue weighted by Crippen LogP contribution is 2.18. The molecule has 1 rings (SSSR count). The molecule has 1 heterocycles. The number of ether oxygens (including phenoxy) is 1. The van der Waals surface area contributed by atoms with Gasteiger partial charge in [-0.3, -0.25) is 0 Å². The van der Waals surface area contributed by atoms with Crippen LogP contribution in [0.25, 0.3) is 0 Å². The quantitative estimate of drug-likeness (QED) is 0.692. The Morgan fingerprint density at radius 2 is 2.07 bits per heavy atom. The first kappa shape index (κ1) is 11.7. The topological polar surface area (TPSA) is 57.0 Å². The second-order valence-electron chi connectivity index (χ2n) is 4.35. The van der Waals surface area contributed by atoms with Crippen LogP contribution in [0.15, 0.2) is 0 Å². The number of nitrogens with zero attached hydrogens (tertiary/aromatic N) is 3. The zero-order valence-corrected chi connectivity index (χ0v) is 9.87. The maximum atomic E-state index is 11.5. The Morgan fingerprint density at radius 3 is 2.47 bits per heavy atom. The summed E-state index contributed by atoms with van der Waals surface area (Å²) < 4.78 is 6.33. The third kappa shape index (κ3) is 2.55. The molecule has 84 valence electrons. The van der Waals surface area contributed by atoms with E-state index in [4.69, 9.17) is 4.74 Å². The lowest BCUT2D eigenvalue weighted by atomic mass is 9.96. The minimum atomic E-state index is -0.428. The molecule has 0 spiro atoms. The number of hydrogen-bond donors (Lipinski definition) is 0. The lowest BCUT2D eigenvalue weighted by molar-refractivity contribution is 0.0506. The predicted molar refractivity (Wildman–Crippen MR) is 55.7 cm³/mol. The molecule has 5 heteroatoms. The van der Waals surface area contributed by atoms with Gasteiger partial charge in [0, 0.05) is 12.5 Å². The highest BCUT2D eigenvalue weighted by Gasteiger charge is 2.24. The molecule has 0 aliphatic carbocycles. The van der Waals surface area contributed by atoms with Gasteiger partial charge in [-0.25, -0.2) is 14.5 Å². The Bertz CT molecular complexity index is 363. The summed E-state index contributed by atoms with van der Waals surface area (Å²) in [6, 6.07) is 0. The summed E-state index contributed by atoms with van der Waals surface area (Å²) in [5.41, 5.74) is -0.164. The van der Waals surface area contributed by atoms with Crippen molar-refractivity contribution < 1.29 is 9.53 Å². The van der Waals surface area contributed by atoms with E-state index in [1.54, 1.807) is 14.0 Å². The van der Waals surface area contributed by atoms with E-state index >= 15 is 0 Å². The van der Waals surface area contributed by atoms with Gasteiger partial charge >= 0.3 is 5.97 Å². The van der Waals surface area contributed by atoms with Crippen molar-refractivity contribution in [3.8, 4) is 0 Å². The molecule has 0 aromatic carbocycles. The molecule has 0 saturated carbocycles. The molecule has 0 unspecified atom stereocenters. The van der Waals surface area contributed by atoms with Gasteiger partial charge in [0.05, 0.1) is 6.61 Å². The van der Waals surface area contributed by atoms with Gasteiger partial charge in [-0.2, -0.15) is 5.10 Å². The lowest BCUT2D eigenvalue weighted by Gasteiger charge is -2.11. The SMILES string of the molecule is CCOC(=O)c1nc(C(C)(C)C)nn1C. The van der Waals surface area contributed by atoms with Crippen molar-refractivity contribution >= 4 is 5.97 Å². The summed E-state index contributed by atoms with van der Waals surface area (Å²) in [5.74, 6) is 0.470. The van der Waals surface area contributed by atoms with Gasteiger partial charge in [-0.05, 0) is 6.92 Å². The number of carbonyl (C=O) groups is 1. The molecule has 0 fully saturated rings. The number of esters is 1. The summed E-state index contributed by atoms with van der Waals surface area (Å²) >= 11 is 0. The van der Waals surface area contributed by atoms with Crippen molar-refractivity contribution in [2.75, 3.05) is 6.61 Å². The smallest absolute Gasteiger partial charge is 0.376 e. The molecule has 0 N–H and O–H groups in total. The van der Waals surface area contributed by atoms with Crippen molar-refractivity contribution in [1.29, 1.82) is 0 Å². The summed E-state index contributed by atoms with van der Waals surface area (Å²) in [7, 11) is 1.69. The second-order valence-corrected chi connectivity index (χ2v) is 4.35. The van der Waals surface area contributed by atoms with E-state index in [0.717, 1.165) is 0 Å². The van der Waals surface area contributed by atoms with E-state index in [1.165, 1.54) is 4.68 Å². The van der Waals surface area contributed by atoms with Gasteiger partial charge in [-0.1, -0.05) is 20.8 Å². The van der Waals surface area contributed by atoms with E-state index in [-0.39, 0.29) is 11.2 Å². The number of rotatable bonds is 2. The van der Waals surface area contributed by atoms with E-state index in [0.29, 0.717) is 12.4 Å². The molecular formula is C10H17N3O2. The first-order valence-electron chi connectivity index (χ1n) is 4.95. The highest BCUT2D eigenvalue weighted by atomic mass is 16.5. The fourth-order valence-electron chi connectivity index (χ4n) is 1.08. The van der Waals surface area contributed by atoms with Crippen LogP contribution in [0.4, 0.5) is 0 Å². The van der Waals surface area contributed by atoms with E-state index in [9.17, 15) is 4.79 Å². The van der Waals surface area contributed by atoms with Crippen LogP contribution in [0.3, 0.4) is 0 Å². The Morgan fingerprint density at radius 1 is 1.47 bits per heavy atom. The first-order chi connectivity index (χ1) is 6.86. The molecule has 0 aliphatic rings. The summed E-state index contributed by atoms with van der Waals surface area (Å²) in [4.78, 5) is 15.6. The molecule has 5 nitrogen and oxygen atoms in total. The van der Waals surface area contributed by atoms with Crippen LogP contribution in [-0.2, 0) is 17.2 Å². The molecule has 0 radical (unpaired) electrons. The van der Waals surface area contributed by atoms with Crippen molar-refractivity contribution in [3.05, 3.63) is 11.6 Å². The van der Waals surface area contributed by atoms with Crippen LogP contribution in [0.1, 0.15) is 44.1 Å². The third-order valence-electron chi connectivity index (χ3n) is 1.89.